The lowest BCUT2D eigenvalue weighted by Gasteiger charge is -2.55. The molecule has 3 heterocycles. The number of hydrogen-bond donors (Lipinski definition) is 2. The van der Waals surface area contributed by atoms with Gasteiger partial charge in [0.1, 0.15) is 5.82 Å². The summed E-state index contributed by atoms with van der Waals surface area (Å²) in [5.41, 5.74) is -1.25. The number of fused-ring (bicyclic) bond motifs is 4. The molecule has 0 aromatic heterocycles. The van der Waals surface area contributed by atoms with Crippen molar-refractivity contribution in [2.45, 2.75) is 38.5 Å². The molecule has 2 fully saturated rings. The number of ether oxygens (including phenoxy) is 1. The normalized spacial score (nSPS) is 26.9. The Balaban J connectivity index is 1.92. The van der Waals surface area contributed by atoms with Crippen molar-refractivity contribution in [3.05, 3.63) is 40.5 Å². The minimum absolute atomic E-state index is 0.00194. The summed E-state index contributed by atoms with van der Waals surface area (Å²) in [6.45, 7) is 10.1. The van der Waals surface area contributed by atoms with E-state index in [9.17, 15) is 19.2 Å². The van der Waals surface area contributed by atoms with Gasteiger partial charge in [0.2, 0.25) is 17.6 Å². The molecular formula is C20H19FN4O5. The summed E-state index contributed by atoms with van der Waals surface area (Å²) in [5.74, 6) is -2.81. The van der Waals surface area contributed by atoms with E-state index in [1.54, 1.807) is 18.7 Å². The van der Waals surface area contributed by atoms with Gasteiger partial charge in [0.05, 0.1) is 23.9 Å². The van der Waals surface area contributed by atoms with Crippen LogP contribution in [-0.4, -0.2) is 55.0 Å². The van der Waals surface area contributed by atoms with Crippen molar-refractivity contribution in [1.82, 2.24) is 10.6 Å². The lowest BCUT2D eigenvalue weighted by atomic mass is 9.66. The van der Waals surface area contributed by atoms with Gasteiger partial charge in [0.25, 0.3) is 6.54 Å². The van der Waals surface area contributed by atoms with Gasteiger partial charge in [-0.3, -0.25) is 25.0 Å². The Labute approximate surface area is 171 Å². The lowest BCUT2D eigenvalue weighted by Crippen LogP contribution is -2.75. The minimum Gasteiger partial charge on any atom is -0.372 e. The zero-order chi connectivity index (χ0) is 21.8. The number of carbonyl (C=O) groups excluding carboxylic acids is 4. The molecule has 0 radical (unpaired) electrons. The van der Waals surface area contributed by atoms with E-state index in [2.05, 4.69) is 15.5 Å². The van der Waals surface area contributed by atoms with Gasteiger partial charge in [-0.1, -0.05) is 0 Å². The number of rotatable bonds is 2. The third kappa shape index (κ3) is 2.77. The van der Waals surface area contributed by atoms with Crippen molar-refractivity contribution in [1.29, 1.82) is 0 Å². The number of morpholine rings is 1. The van der Waals surface area contributed by atoms with Crippen LogP contribution in [0.1, 0.15) is 29.8 Å². The molecule has 3 atom stereocenters. The van der Waals surface area contributed by atoms with E-state index < -0.39 is 53.6 Å². The molecule has 4 rings (SSSR count). The van der Waals surface area contributed by atoms with E-state index in [-0.39, 0.29) is 30.3 Å². The van der Waals surface area contributed by atoms with E-state index in [4.69, 9.17) is 11.3 Å². The second-order valence-electron chi connectivity index (χ2n) is 7.84. The summed E-state index contributed by atoms with van der Waals surface area (Å²) < 4.78 is 21.1. The first kappa shape index (κ1) is 20.0. The molecule has 2 N–H and O–H groups in total. The van der Waals surface area contributed by atoms with Gasteiger partial charge in [0.15, 0.2) is 5.41 Å². The molecule has 0 aliphatic carbocycles. The third-order valence-corrected chi connectivity index (χ3v) is 5.89. The van der Waals surface area contributed by atoms with Crippen LogP contribution < -0.4 is 15.5 Å². The number of halogens is 1. The van der Waals surface area contributed by atoms with E-state index in [0.717, 1.165) is 6.07 Å². The number of imide groups is 2. The number of amides is 4. The van der Waals surface area contributed by atoms with E-state index in [1.807, 2.05) is 0 Å². The third-order valence-electron chi connectivity index (χ3n) is 5.89. The highest BCUT2D eigenvalue weighted by Crippen LogP contribution is 2.47. The Morgan fingerprint density at radius 3 is 2.60 bits per heavy atom. The maximum absolute atomic E-state index is 15.2. The molecule has 9 nitrogen and oxygen atoms in total. The van der Waals surface area contributed by atoms with Crippen LogP contribution in [0, 0.1) is 17.8 Å². The average Bonchev–Trinajstić information content (AvgIpc) is 2.65. The molecule has 1 aromatic rings. The summed E-state index contributed by atoms with van der Waals surface area (Å²) in [5, 5.41) is 4.29. The zero-order valence-corrected chi connectivity index (χ0v) is 16.3. The highest BCUT2D eigenvalue weighted by Gasteiger charge is 2.63. The summed E-state index contributed by atoms with van der Waals surface area (Å²) in [4.78, 5) is 54.6. The van der Waals surface area contributed by atoms with Crippen molar-refractivity contribution in [2.75, 3.05) is 18.0 Å². The number of hydrogen-bond acceptors (Lipinski definition) is 6. The Morgan fingerprint density at radius 1 is 1.30 bits per heavy atom. The molecule has 3 aliphatic rings. The van der Waals surface area contributed by atoms with Crippen LogP contribution in [0.2, 0.25) is 0 Å². The maximum Gasteiger partial charge on any atom is 0.328 e. The van der Waals surface area contributed by atoms with Crippen LogP contribution in [0.3, 0.4) is 0 Å². The molecule has 1 aromatic carbocycles. The number of carbonyl (C=O) groups is 4. The second kappa shape index (κ2) is 6.88. The van der Waals surface area contributed by atoms with Gasteiger partial charge in [-0.25, -0.2) is 15.8 Å². The molecule has 3 aliphatic heterocycles. The zero-order valence-electron chi connectivity index (χ0n) is 16.3. The number of anilines is 1. The van der Waals surface area contributed by atoms with Crippen molar-refractivity contribution < 1.29 is 28.3 Å². The number of Topliss-reactive ketones (excluding diaryl/α,β-unsaturated/α-hetero) is 1. The number of benzene rings is 1. The topological polar surface area (TPSA) is 109 Å². The van der Waals surface area contributed by atoms with Gasteiger partial charge in [-0.2, -0.15) is 0 Å². The number of barbiturate groups is 1. The molecule has 30 heavy (non-hydrogen) atoms. The van der Waals surface area contributed by atoms with Gasteiger partial charge in [-0.05, 0) is 31.5 Å². The number of nitrogens with zero attached hydrogens (tertiary/aromatic N) is 2. The fourth-order valence-electron chi connectivity index (χ4n) is 4.86. The fraction of sp³-hybridized carbons (Fsp3) is 0.450. The molecule has 0 unspecified atom stereocenters. The van der Waals surface area contributed by atoms with Gasteiger partial charge < -0.3 is 14.5 Å². The first-order valence-corrected chi connectivity index (χ1v) is 9.47. The van der Waals surface area contributed by atoms with Crippen molar-refractivity contribution in [3.63, 3.8) is 0 Å². The molecule has 4 amide bonds. The molecule has 2 saturated heterocycles. The smallest absolute Gasteiger partial charge is 0.328 e. The SMILES string of the molecule is [C-]#[N+]CC(=O)c1cc(F)c2c(c1)CC1(C(=O)NC(=O)NC1=O)[C@H]1[C@H](C)O[C@H](C)CN21. The van der Waals surface area contributed by atoms with Crippen molar-refractivity contribution in [3.8, 4) is 0 Å². The highest BCUT2D eigenvalue weighted by atomic mass is 19.1. The van der Waals surface area contributed by atoms with Crippen molar-refractivity contribution >= 4 is 29.3 Å². The van der Waals surface area contributed by atoms with Crippen LogP contribution in [0.25, 0.3) is 4.85 Å². The quantitative estimate of drug-likeness (QED) is 0.421. The molecule has 1 spiro atoms. The summed E-state index contributed by atoms with van der Waals surface area (Å²) in [6.07, 6.45) is -1.14. The molecule has 10 heteroatoms. The number of ketones is 1. The lowest BCUT2D eigenvalue weighted by molar-refractivity contribution is -0.153. The highest BCUT2D eigenvalue weighted by molar-refractivity contribution is 6.20. The number of nitrogens with one attached hydrogen (secondary N) is 2. The van der Waals surface area contributed by atoms with Crippen molar-refractivity contribution in [2.24, 2.45) is 5.41 Å². The average molecular weight is 414 g/mol. The van der Waals surface area contributed by atoms with E-state index in [1.165, 1.54) is 6.07 Å². The first-order valence-electron chi connectivity index (χ1n) is 9.47. The standard InChI is InChI=1S/C20H19FN4O5/c1-9-8-25-15-12(4-11(5-13(15)21)14(26)7-22-3)6-20(16(25)10(2)30-9)17(27)23-19(29)24-18(20)28/h4-5,9-10,16H,6-8H2,1-2H3,(H2,23,24,27,28,29)/t9-,10+,16-/m1/s1. The summed E-state index contributed by atoms with van der Waals surface area (Å²) >= 11 is 0. The Bertz CT molecular complexity index is 1010. The van der Waals surface area contributed by atoms with E-state index >= 15 is 4.39 Å². The molecule has 0 saturated carbocycles. The predicted octanol–water partition coefficient (Wildman–Crippen LogP) is 0.818. The summed E-state index contributed by atoms with van der Waals surface area (Å²) in [6, 6.07) is 0.731. The largest absolute Gasteiger partial charge is 0.372 e. The molecular weight excluding hydrogens is 395 g/mol. The van der Waals surface area contributed by atoms with Gasteiger partial charge in [-0.15, -0.1) is 0 Å². The summed E-state index contributed by atoms with van der Waals surface area (Å²) in [7, 11) is 0. The number of urea groups is 1. The maximum atomic E-state index is 15.2. The van der Waals surface area contributed by atoms with Crippen LogP contribution in [-0.2, 0) is 20.7 Å². The minimum atomic E-state index is -1.74. The fourth-order valence-corrected chi connectivity index (χ4v) is 4.86. The Kier molecular flexibility index (Phi) is 4.58. The van der Waals surface area contributed by atoms with Crippen LogP contribution >= 0.6 is 0 Å². The second-order valence-corrected chi connectivity index (χ2v) is 7.84. The Hall–Kier alpha value is -3.32. The Morgan fingerprint density at radius 2 is 1.97 bits per heavy atom. The predicted molar refractivity (Wildman–Crippen MR) is 101 cm³/mol. The van der Waals surface area contributed by atoms with Crippen LogP contribution in [0.5, 0.6) is 0 Å². The van der Waals surface area contributed by atoms with Gasteiger partial charge in [0, 0.05) is 18.5 Å². The monoisotopic (exact) mass is 414 g/mol. The van der Waals surface area contributed by atoms with E-state index in [0.29, 0.717) is 5.56 Å². The molecule has 156 valence electrons. The van der Waals surface area contributed by atoms with Crippen LogP contribution in [0.15, 0.2) is 12.1 Å². The molecule has 0 bridgehead atoms. The first-order chi connectivity index (χ1) is 14.2. The van der Waals surface area contributed by atoms with Gasteiger partial charge >= 0.3 is 6.03 Å². The van der Waals surface area contributed by atoms with Crippen LogP contribution in [0.4, 0.5) is 14.9 Å².